The van der Waals surface area contributed by atoms with E-state index in [1.807, 2.05) is 30.3 Å². The molecule has 112 valence electrons. The molecule has 0 aliphatic carbocycles. The zero-order chi connectivity index (χ0) is 14.9. The van der Waals surface area contributed by atoms with Gasteiger partial charge in [0.1, 0.15) is 0 Å². The predicted octanol–water partition coefficient (Wildman–Crippen LogP) is 1.19. The monoisotopic (exact) mass is 306 g/mol. The summed E-state index contributed by atoms with van der Waals surface area (Å²) >= 11 is 0. The summed E-state index contributed by atoms with van der Waals surface area (Å²) in [6.07, 6.45) is 1.45. The van der Waals surface area contributed by atoms with Crippen LogP contribution in [0.2, 0.25) is 0 Å². The highest BCUT2D eigenvalue weighted by Crippen LogP contribution is 2.19. The number of aromatic nitrogens is 1. The Balaban J connectivity index is 1.71. The predicted molar refractivity (Wildman–Crippen MR) is 83.1 cm³/mol. The maximum Gasteiger partial charge on any atom is 0.252 e. The molecule has 2 heterocycles. The number of hydrogen-bond donors (Lipinski definition) is 2. The molecule has 1 aromatic carbocycles. The van der Waals surface area contributed by atoms with Crippen LogP contribution in [0, 0.1) is 0 Å². The van der Waals surface area contributed by atoms with Crippen molar-refractivity contribution in [2.24, 2.45) is 0 Å². The van der Waals surface area contributed by atoms with Gasteiger partial charge in [-0.2, -0.15) is 0 Å². The van der Waals surface area contributed by atoms with Crippen molar-refractivity contribution in [1.82, 2.24) is 10.3 Å². The van der Waals surface area contributed by atoms with E-state index in [0.29, 0.717) is 25.1 Å². The largest absolute Gasteiger partial charge is 0.322 e. The highest BCUT2D eigenvalue weighted by molar-refractivity contribution is 7.92. The summed E-state index contributed by atoms with van der Waals surface area (Å²) in [5.74, 6) is 0.288. The standard InChI is InChI=1S/C15H18N2O3S/c18-15-12(8-11-4-1-2-6-14(11)17-15)9-16-10-13-5-3-7-21(13,19)20/h1-2,4,6,8,13,16H,3,5,7,9-10H2,(H,17,18)/t13-/m1/s1. The van der Waals surface area contributed by atoms with Crippen molar-refractivity contribution < 1.29 is 8.42 Å². The van der Waals surface area contributed by atoms with Crippen molar-refractivity contribution in [1.29, 1.82) is 0 Å². The van der Waals surface area contributed by atoms with Gasteiger partial charge in [-0.15, -0.1) is 0 Å². The first-order valence-corrected chi connectivity index (χ1v) is 8.81. The zero-order valence-electron chi connectivity index (χ0n) is 11.6. The molecule has 0 bridgehead atoms. The lowest BCUT2D eigenvalue weighted by atomic mass is 10.1. The molecule has 0 saturated carbocycles. The molecule has 0 spiro atoms. The van der Waals surface area contributed by atoms with Crippen LogP contribution in [0.15, 0.2) is 35.1 Å². The second-order valence-corrected chi connectivity index (χ2v) is 7.87. The SMILES string of the molecule is O=c1[nH]c2ccccc2cc1CNC[C@H]1CCCS1(=O)=O. The number of fused-ring (bicyclic) bond motifs is 1. The minimum atomic E-state index is -2.93. The van der Waals surface area contributed by atoms with Crippen LogP contribution >= 0.6 is 0 Å². The number of H-pyrrole nitrogens is 1. The summed E-state index contributed by atoms with van der Waals surface area (Å²) in [6.45, 7) is 0.792. The van der Waals surface area contributed by atoms with E-state index in [2.05, 4.69) is 10.3 Å². The van der Waals surface area contributed by atoms with Crippen molar-refractivity contribution in [3.05, 3.63) is 46.2 Å². The Labute approximate surface area is 123 Å². The Morgan fingerprint density at radius 1 is 1.29 bits per heavy atom. The van der Waals surface area contributed by atoms with Crippen LogP contribution < -0.4 is 10.9 Å². The van der Waals surface area contributed by atoms with Crippen molar-refractivity contribution in [2.45, 2.75) is 24.6 Å². The van der Waals surface area contributed by atoms with E-state index in [1.165, 1.54) is 0 Å². The molecule has 1 aromatic heterocycles. The average Bonchev–Trinajstić information content (AvgIpc) is 2.78. The van der Waals surface area contributed by atoms with Crippen LogP contribution in [0.3, 0.4) is 0 Å². The fourth-order valence-corrected chi connectivity index (χ4v) is 4.58. The Bertz CT molecular complexity index is 811. The summed E-state index contributed by atoms with van der Waals surface area (Å²) < 4.78 is 23.5. The summed E-state index contributed by atoms with van der Waals surface area (Å²) in [6, 6.07) is 9.45. The van der Waals surface area contributed by atoms with Gasteiger partial charge in [0.05, 0.1) is 11.0 Å². The van der Waals surface area contributed by atoms with Crippen molar-refractivity contribution in [3.63, 3.8) is 0 Å². The lowest BCUT2D eigenvalue weighted by molar-refractivity contribution is 0.573. The Morgan fingerprint density at radius 3 is 2.86 bits per heavy atom. The Kier molecular flexibility index (Phi) is 3.82. The minimum absolute atomic E-state index is 0.129. The molecule has 1 saturated heterocycles. The van der Waals surface area contributed by atoms with Gasteiger partial charge in [0.2, 0.25) is 0 Å². The van der Waals surface area contributed by atoms with Gasteiger partial charge >= 0.3 is 0 Å². The summed E-state index contributed by atoms with van der Waals surface area (Å²) in [5, 5.41) is 3.77. The first kappa shape index (κ1) is 14.3. The smallest absolute Gasteiger partial charge is 0.252 e. The topological polar surface area (TPSA) is 79.0 Å². The molecule has 3 rings (SSSR count). The molecule has 21 heavy (non-hydrogen) atoms. The highest BCUT2D eigenvalue weighted by Gasteiger charge is 2.30. The number of sulfone groups is 1. The summed E-state index contributed by atoms with van der Waals surface area (Å²) in [4.78, 5) is 14.8. The van der Waals surface area contributed by atoms with Gasteiger partial charge in [-0.1, -0.05) is 18.2 Å². The molecule has 5 nitrogen and oxygen atoms in total. The van der Waals surface area contributed by atoms with Crippen molar-refractivity contribution in [3.8, 4) is 0 Å². The second-order valence-electron chi connectivity index (χ2n) is 5.47. The Morgan fingerprint density at radius 2 is 2.10 bits per heavy atom. The van der Waals surface area contributed by atoms with E-state index in [9.17, 15) is 13.2 Å². The van der Waals surface area contributed by atoms with E-state index in [4.69, 9.17) is 0 Å². The fourth-order valence-electron chi connectivity index (χ4n) is 2.78. The molecule has 0 radical (unpaired) electrons. The molecular formula is C15H18N2O3S. The lowest BCUT2D eigenvalue weighted by Crippen LogP contribution is -2.31. The van der Waals surface area contributed by atoms with E-state index < -0.39 is 9.84 Å². The van der Waals surface area contributed by atoms with E-state index in [-0.39, 0.29) is 16.6 Å². The molecule has 1 atom stereocenters. The maximum absolute atomic E-state index is 12.0. The van der Waals surface area contributed by atoms with Crippen LogP contribution in [0.4, 0.5) is 0 Å². The molecule has 1 fully saturated rings. The molecule has 2 N–H and O–H groups in total. The fraction of sp³-hybridized carbons (Fsp3) is 0.400. The van der Waals surface area contributed by atoms with Gasteiger partial charge in [0.25, 0.3) is 5.56 Å². The molecule has 0 unspecified atom stereocenters. The van der Waals surface area contributed by atoms with E-state index in [0.717, 1.165) is 17.3 Å². The first-order chi connectivity index (χ1) is 10.1. The number of pyridine rings is 1. The van der Waals surface area contributed by atoms with Gasteiger partial charge in [-0.05, 0) is 30.4 Å². The first-order valence-electron chi connectivity index (χ1n) is 7.09. The summed E-state index contributed by atoms with van der Waals surface area (Å²) in [5.41, 5.74) is 1.31. The van der Waals surface area contributed by atoms with Crippen LogP contribution in [0.25, 0.3) is 10.9 Å². The highest BCUT2D eigenvalue weighted by atomic mass is 32.2. The third kappa shape index (κ3) is 3.01. The molecular weight excluding hydrogens is 288 g/mol. The van der Waals surface area contributed by atoms with Crippen LogP contribution in [-0.2, 0) is 16.4 Å². The molecule has 6 heteroatoms. The van der Waals surface area contributed by atoms with Gasteiger partial charge in [0.15, 0.2) is 9.84 Å². The van der Waals surface area contributed by atoms with Gasteiger partial charge in [-0.25, -0.2) is 8.42 Å². The van der Waals surface area contributed by atoms with Crippen LogP contribution in [-0.4, -0.2) is 30.9 Å². The van der Waals surface area contributed by atoms with E-state index >= 15 is 0 Å². The third-order valence-electron chi connectivity index (χ3n) is 3.98. The number of benzene rings is 1. The average molecular weight is 306 g/mol. The van der Waals surface area contributed by atoms with Crippen LogP contribution in [0.1, 0.15) is 18.4 Å². The summed E-state index contributed by atoms with van der Waals surface area (Å²) in [7, 11) is -2.93. The molecule has 1 aliphatic heterocycles. The number of rotatable bonds is 4. The van der Waals surface area contributed by atoms with Crippen molar-refractivity contribution in [2.75, 3.05) is 12.3 Å². The molecule has 0 amide bonds. The number of hydrogen-bond acceptors (Lipinski definition) is 4. The van der Waals surface area contributed by atoms with Gasteiger partial charge in [-0.3, -0.25) is 4.79 Å². The Hall–Kier alpha value is -1.66. The zero-order valence-corrected chi connectivity index (χ0v) is 12.4. The normalized spacial score (nSPS) is 20.9. The number of para-hydroxylation sites is 1. The minimum Gasteiger partial charge on any atom is -0.322 e. The van der Waals surface area contributed by atoms with Crippen LogP contribution in [0.5, 0.6) is 0 Å². The quantitative estimate of drug-likeness (QED) is 0.889. The molecule has 1 aliphatic rings. The van der Waals surface area contributed by atoms with E-state index in [1.54, 1.807) is 0 Å². The third-order valence-corrected chi connectivity index (χ3v) is 6.26. The second kappa shape index (κ2) is 5.61. The maximum atomic E-state index is 12.0. The van der Waals surface area contributed by atoms with Gasteiger partial charge < -0.3 is 10.3 Å². The van der Waals surface area contributed by atoms with Gasteiger partial charge in [0, 0.05) is 24.2 Å². The molecule has 2 aromatic rings. The number of aromatic amines is 1. The number of nitrogens with one attached hydrogen (secondary N) is 2. The van der Waals surface area contributed by atoms with Crippen molar-refractivity contribution >= 4 is 20.7 Å². The lowest BCUT2D eigenvalue weighted by Gasteiger charge is -2.10.